The first kappa shape index (κ1) is 6.67. The van der Waals surface area contributed by atoms with Crippen LogP contribution in [0.25, 0.3) is 0 Å². The van der Waals surface area contributed by atoms with Crippen LogP contribution < -0.4 is 5.32 Å². The second-order valence-electron chi connectivity index (χ2n) is 3.62. The molecule has 2 aromatic carbocycles. The predicted molar refractivity (Wildman–Crippen MR) is 65.6 cm³/mol. The Morgan fingerprint density at radius 2 is 1.53 bits per heavy atom. The SMILES string of the molecule is [2H]c1cc([2H])c(Nc2cc(C)cc(C)c2)c([2H])c1. The lowest BCUT2D eigenvalue weighted by Gasteiger charge is -2.08. The summed E-state index contributed by atoms with van der Waals surface area (Å²) in [6.07, 6.45) is 0. The highest BCUT2D eigenvalue weighted by atomic mass is 14.9. The van der Waals surface area contributed by atoms with Crippen LogP contribution in [0.3, 0.4) is 0 Å². The van der Waals surface area contributed by atoms with Gasteiger partial charge in [-0.3, -0.25) is 0 Å². The van der Waals surface area contributed by atoms with E-state index in [9.17, 15) is 0 Å². The summed E-state index contributed by atoms with van der Waals surface area (Å²) in [5.41, 5.74) is 3.57. The van der Waals surface area contributed by atoms with E-state index < -0.39 is 0 Å². The Bertz CT molecular complexity index is 550. The molecule has 0 aromatic heterocycles. The molecule has 0 aliphatic rings. The monoisotopic (exact) mass is 200 g/mol. The lowest BCUT2D eigenvalue weighted by Crippen LogP contribution is -1.91. The molecule has 0 fully saturated rings. The topological polar surface area (TPSA) is 12.0 Å². The molecule has 0 aliphatic heterocycles. The first-order valence-corrected chi connectivity index (χ1v) is 4.89. The third-order valence-corrected chi connectivity index (χ3v) is 2.09. The van der Waals surface area contributed by atoms with Crippen LogP contribution in [-0.2, 0) is 0 Å². The van der Waals surface area contributed by atoms with Gasteiger partial charge in [-0.2, -0.15) is 0 Å². The van der Waals surface area contributed by atoms with Gasteiger partial charge in [-0.1, -0.05) is 24.2 Å². The first-order valence-electron chi connectivity index (χ1n) is 6.39. The fourth-order valence-corrected chi connectivity index (χ4v) is 1.57. The second-order valence-corrected chi connectivity index (χ2v) is 3.62. The molecule has 0 aliphatic carbocycles. The number of hydrogen-bond acceptors (Lipinski definition) is 1. The molecular weight excluding hydrogens is 182 g/mol. The number of anilines is 2. The number of aryl methyl sites for hydroxylation is 2. The summed E-state index contributed by atoms with van der Waals surface area (Å²) in [7, 11) is 0. The highest BCUT2D eigenvalue weighted by Gasteiger charge is 1.95. The van der Waals surface area contributed by atoms with Gasteiger partial charge in [-0.25, -0.2) is 0 Å². The molecular formula is C14H15N. The number of benzene rings is 2. The van der Waals surface area contributed by atoms with E-state index in [-0.39, 0.29) is 18.1 Å². The standard InChI is InChI=1S/C14H15N/c1-11-8-12(2)10-14(9-11)15-13-6-4-3-5-7-13/h3-10,15H,1-2H3/i3D,6D,7D. The fraction of sp³-hybridized carbons (Fsp3) is 0.143. The van der Waals surface area contributed by atoms with Gasteiger partial charge in [0, 0.05) is 11.4 Å². The van der Waals surface area contributed by atoms with E-state index >= 15 is 0 Å². The van der Waals surface area contributed by atoms with Crippen molar-refractivity contribution in [1.82, 2.24) is 0 Å². The molecule has 0 heterocycles. The Balaban J connectivity index is 2.40. The summed E-state index contributed by atoms with van der Waals surface area (Å²) in [6.45, 7) is 4.02. The molecule has 76 valence electrons. The molecule has 1 heteroatoms. The van der Waals surface area contributed by atoms with E-state index in [1.54, 1.807) is 0 Å². The molecule has 2 rings (SSSR count). The third kappa shape index (κ3) is 2.59. The van der Waals surface area contributed by atoms with E-state index in [4.69, 9.17) is 4.11 Å². The van der Waals surface area contributed by atoms with E-state index in [0.29, 0.717) is 5.69 Å². The van der Waals surface area contributed by atoms with Gasteiger partial charge < -0.3 is 5.32 Å². The average Bonchev–Trinajstić information content (AvgIpc) is 2.22. The summed E-state index contributed by atoms with van der Waals surface area (Å²) >= 11 is 0. The fourth-order valence-electron chi connectivity index (χ4n) is 1.57. The van der Waals surface area contributed by atoms with Gasteiger partial charge in [0.15, 0.2) is 0 Å². The highest BCUT2D eigenvalue weighted by molar-refractivity contribution is 5.60. The van der Waals surface area contributed by atoms with Gasteiger partial charge in [0.1, 0.15) is 0 Å². The van der Waals surface area contributed by atoms with Crippen molar-refractivity contribution in [3.8, 4) is 0 Å². The van der Waals surface area contributed by atoms with Crippen molar-refractivity contribution in [3.05, 3.63) is 59.6 Å². The zero-order valence-corrected chi connectivity index (χ0v) is 8.89. The molecule has 0 saturated heterocycles. The summed E-state index contributed by atoms with van der Waals surface area (Å²) < 4.78 is 23.1. The van der Waals surface area contributed by atoms with Crippen LogP contribution in [-0.4, -0.2) is 0 Å². The maximum atomic E-state index is 7.81. The lowest BCUT2D eigenvalue weighted by atomic mass is 10.1. The maximum Gasteiger partial charge on any atom is 0.0645 e. The smallest absolute Gasteiger partial charge is 0.0645 e. The minimum absolute atomic E-state index is 0.173. The quantitative estimate of drug-likeness (QED) is 0.771. The Hall–Kier alpha value is -1.76. The first-order chi connectivity index (χ1) is 8.45. The van der Waals surface area contributed by atoms with Crippen LogP contribution in [0.2, 0.25) is 0 Å². The van der Waals surface area contributed by atoms with Gasteiger partial charge in [0.05, 0.1) is 4.11 Å². The van der Waals surface area contributed by atoms with Crippen LogP contribution in [0.1, 0.15) is 15.2 Å². The molecule has 0 amide bonds. The Kier molecular flexibility index (Phi) is 1.86. The number of rotatable bonds is 2. The number of para-hydroxylation sites is 1. The van der Waals surface area contributed by atoms with Crippen molar-refractivity contribution in [2.45, 2.75) is 13.8 Å². The lowest BCUT2D eigenvalue weighted by molar-refractivity contribution is 1.37. The normalized spacial score (nSPS) is 12.8. The second kappa shape index (κ2) is 4.18. The zero-order chi connectivity index (χ0) is 13.3. The highest BCUT2D eigenvalue weighted by Crippen LogP contribution is 2.18. The van der Waals surface area contributed by atoms with E-state index in [1.165, 1.54) is 12.1 Å². The van der Waals surface area contributed by atoms with Gasteiger partial charge in [-0.15, -0.1) is 0 Å². The largest absolute Gasteiger partial charge is 0.356 e. The molecule has 15 heavy (non-hydrogen) atoms. The Morgan fingerprint density at radius 1 is 0.933 bits per heavy atom. The van der Waals surface area contributed by atoms with Crippen LogP contribution in [0.5, 0.6) is 0 Å². The molecule has 0 radical (unpaired) electrons. The van der Waals surface area contributed by atoms with E-state index in [0.717, 1.165) is 16.8 Å². The van der Waals surface area contributed by atoms with Crippen molar-refractivity contribution >= 4 is 11.4 Å². The molecule has 0 bridgehead atoms. The van der Waals surface area contributed by atoms with Gasteiger partial charge in [-0.05, 0) is 49.2 Å². The average molecular weight is 200 g/mol. The third-order valence-electron chi connectivity index (χ3n) is 2.09. The summed E-state index contributed by atoms with van der Waals surface area (Å²) in [5, 5.41) is 3.09. The summed E-state index contributed by atoms with van der Waals surface area (Å²) in [4.78, 5) is 0. The number of hydrogen-bond donors (Lipinski definition) is 1. The van der Waals surface area contributed by atoms with Crippen LogP contribution in [0, 0.1) is 13.8 Å². The minimum atomic E-state index is 0.173. The maximum absolute atomic E-state index is 7.81. The van der Waals surface area contributed by atoms with Gasteiger partial charge in [0.25, 0.3) is 0 Å². The van der Waals surface area contributed by atoms with Crippen molar-refractivity contribution in [1.29, 1.82) is 0 Å². The van der Waals surface area contributed by atoms with Crippen LogP contribution >= 0.6 is 0 Å². The Morgan fingerprint density at radius 3 is 2.13 bits per heavy atom. The molecule has 1 N–H and O–H groups in total. The summed E-state index contributed by atoms with van der Waals surface area (Å²) in [5.74, 6) is 0. The molecule has 0 saturated carbocycles. The summed E-state index contributed by atoms with van der Waals surface area (Å²) in [6, 6.07) is 9.42. The Labute approximate surface area is 95.0 Å². The van der Waals surface area contributed by atoms with E-state index in [1.807, 2.05) is 26.0 Å². The van der Waals surface area contributed by atoms with Crippen molar-refractivity contribution < 1.29 is 4.11 Å². The van der Waals surface area contributed by atoms with Crippen LogP contribution in [0.4, 0.5) is 11.4 Å². The van der Waals surface area contributed by atoms with E-state index in [2.05, 4.69) is 11.4 Å². The molecule has 2 aromatic rings. The van der Waals surface area contributed by atoms with Crippen LogP contribution in [0.15, 0.2) is 48.5 Å². The van der Waals surface area contributed by atoms with Crippen molar-refractivity contribution in [2.75, 3.05) is 5.32 Å². The predicted octanol–water partition coefficient (Wildman–Crippen LogP) is 4.05. The van der Waals surface area contributed by atoms with Gasteiger partial charge in [0.2, 0.25) is 0 Å². The zero-order valence-electron chi connectivity index (χ0n) is 11.9. The molecule has 1 nitrogen and oxygen atoms in total. The molecule has 0 spiro atoms. The molecule has 0 unspecified atom stereocenters. The number of nitrogens with one attached hydrogen (secondary N) is 1. The van der Waals surface area contributed by atoms with Crippen molar-refractivity contribution in [3.63, 3.8) is 0 Å². The van der Waals surface area contributed by atoms with Crippen molar-refractivity contribution in [2.24, 2.45) is 0 Å². The molecule has 0 atom stereocenters. The minimum Gasteiger partial charge on any atom is -0.356 e. The van der Waals surface area contributed by atoms with Gasteiger partial charge >= 0.3 is 0 Å².